The number of halogens is 1. The van der Waals surface area contributed by atoms with Crippen LogP contribution in [0.2, 0.25) is 0 Å². The Kier molecular flexibility index (Phi) is 4.20. The second-order valence-corrected chi connectivity index (χ2v) is 8.68. The van der Waals surface area contributed by atoms with E-state index in [0.29, 0.717) is 16.4 Å². The van der Waals surface area contributed by atoms with E-state index < -0.39 is 7.14 Å². The van der Waals surface area contributed by atoms with Gasteiger partial charge in [-0.25, -0.2) is 0 Å². The zero-order valence-electron chi connectivity index (χ0n) is 7.10. The molecule has 0 aromatic rings. The minimum absolute atomic E-state index is 0.312. The van der Waals surface area contributed by atoms with E-state index in [1.807, 2.05) is 27.7 Å². The SMILES string of the molecule is CC(C)P(=O)(CBr)C(C)C. The van der Waals surface area contributed by atoms with E-state index in [1.165, 1.54) is 0 Å². The van der Waals surface area contributed by atoms with E-state index in [2.05, 4.69) is 15.9 Å². The molecule has 3 heteroatoms. The summed E-state index contributed by atoms with van der Waals surface area (Å²) in [5.41, 5.74) is 0.624. The fraction of sp³-hybridized carbons (Fsp3) is 1.00. The molecule has 0 rings (SSSR count). The van der Waals surface area contributed by atoms with Crippen LogP contribution in [0.3, 0.4) is 0 Å². The highest BCUT2D eigenvalue weighted by atomic mass is 79.9. The fourth-order valence-electron chi connectivity index (χ4n) is 0.872. The lowest BCUT2D eigenvalue weighted by atomic mass is 10.5. The first-order valence-corrected chi connectivity index (χ1v) is 6.74. The van der Waals surface area contributed by atoms with Crippen LogP contribution in [0, 0.1) is 0 Å². The largest absolute Gasteiger partial charge is 0.322 e. The first-order chi connectivity index (χ1) is 4.45. The lowest BCUT2D eigenvalue weighted by molar-refractivity contribution is 0.565. The quantitative estimate of drug-likeness (QED) is 0.532. The molecule has 0 heterocycles. The molecule has 0 aliphatic carbocycles. The number of hydrogen-bond donors (Lipinski definition) is 0. The molecule has 0 aliphatic heterocycles. The van der Waals surface area contributed by atoms with Crippen molar-refractivity contribution in [3.8, 4) is 0 Å². The Morgan fingerprint density at radius 3 is 1.50 bits per heavy atom. The van der Waals surface area contributed by atoms with E-state index in [0.717, 1.165) is 0 Å². The third kappa shape index (κ3) is 2.10. The Balaban J connectivity index is 4.40. The Hall–Kier alpha value is 0.710. The predicted octanol–water partition coefficient (Wildman–Crippen LogP) is 3.52. The molecule has 10 heavy (non-hydrogen) atoms. The van der Waals surface area contributed by atoms with Crippen molar-refractivity contribution in [1.82, 2.24) is 0 Å². The van der Waals surface area contributed by atoms with Gasteiger partial charge in [0.1, 0.15) is 7.14 Å². The first-order valence-electron chi connectivity index (χ1n) is 3.59. The van der Waals surface area contributed by atoms with E-state index in [-0.39, 0.29) is 0 Å². The maximum Gasteiger partial charge on any atom is 0.102 e. The normalized spacial score (nSPS) is 13.1. The van der Waals surface area contributed by atoms with E-state index in [9.17, 15) is 4.57 Å². The van der Waals surface area contributed by atoms with Gasteiger partial charge in [-0.15, -0.1) is 0 Å². The summed E-state index contributed by atoms with van der Waals surface area (Å²) in [5.74, 6) is 0. The van der Waals surface area contributed by atoms with Gasteiger partial charge in [-0.1, -0.05) is 43.6 Å². The second kappa shape index (κ2) is 3.92. The third-order valence-corrected chi connectivity index (χ3v) is 8.16. The van der Waals surface area contributed by atoms with Crippen LogP contribution in [0.25, 0.3) is 0 Å². The van der Waals surface area contributed by atoms with Crippen molar-refractivity contribution < 1.29 is 4.57 Å². The summed E-state index contributed by atoms with van der Waals surface area (Å²) in [6.07, 6.45) is 0. The van der Waals surface area contributed by atoms with Crippen LogP contribution >= 0.6 is 23.1 Å². The lowest BCUT2D eigenvalue weighted by Crippen LogP contribution is -2.08. The Labute approximate surface area is 72.1 Å². The highest BCUT2D eigenvalue weighted by Gasteiger charge is 2.28. The van der Waals surface area contributed by atoms with Gasteiger partial charge in [0.25, 0.3) is 0 Å². The van der Waals surface area contributed by atoms with Crippen LogP contribution in [-0.4, -0.2) is 16.4 Å². The molecule has 0 unspecified atom stereocenters. The van der Waals surface area contributed by atoms with Gasteiger partial charge in [-0.2, -0.15) is 0 Å². The van der Waals surface area contributed by atoms with Crippen LogP contribution in [0.5, 0.6) is 0 Å². The van der Waals surface area contributed by atoms with Gasteiger partial charge < -0.3 is 4.57 Å². The van der Waals surface area contributed by atoms with Crippen molar-refractivity contribution in [1.29, 1.82) is 0 Å². The summed E-state index contributed by atoms with van der Waals surface area (Å²) in [6.45, 7) is 8.12. The van der Waals surface area contributed by atoms with E-state index >= 15 is 0 Å². The van der Waals surface area contributed by atoms with Crippen molar-refractivity contribution >= 4 is 23.1 Å². The maximum absolute atomic E-state index is 11.9. The smallest absolute Gasteiger partial charge is 0.102 e. The van der Waals surface area contributed by atoms with Gasteiger partial charge in [0.2, 0.25) is 0 Å². The van der Waals surface area contributed by atoms with Crippen LogP contribution in [-0.2, 0) is 4.57 Å². The molecule has 0 bridgehead atoms. The summed E-state index contributed by atoms with van der Waals surface area (Å²) in [5, 5.41) is 0.662. The summed E-state index contributed by atoms with van der Waals surface area (Å²) < 4.78 is 11.9. The molecule has 0 amide bonds. The Morgan fingerprint density at radius 1 is 1.20 bits per heavy atom. The molecule has 62 valence electrons. The van der Waals surface area contributed by atoms with Crippen LogP contribution in [0.4, 0.5) is 0 Å². The topological polar surface area (TPSA) is 17.1 Å². The number of alkyl halides is 1. The van der Waals surface area contributed by atoms with Crippen LogP contribution in [0.15, 0.2) is 0 Å². The third-order valence-electron chi connectivity index (χ3n) is 1.94. The zero-order valence-corrected chi connectivity index (χ0v) is 9.58. The van der Waals surface area contributed by atoms with Crippen molar-refractivity contribution in [3.05, 3.63) is 0 Å². The summed E-state index contributed by atoms with van der Waals surface area (Å²) >= 11 is 3.31. The van der Waals surface area contributed by atoms with Crippen LogP contribution in [0.1, 0.15) is 27.7 Å². The van der Waals surface area contributed by atoms with Crippen molar-refractivity contribution in [2.24, 2.45) is 0 Å². The number of hydrogen-bond acceptors (Lipinski definition) is 1. The van der Waals surface area contributed by atoms with Gasteiger partial charge >= 0.3 is 0 Å². The monoisotopic (exact) mass is 226 g/mol. The molecule has 0 saturated carbocycles. The van der Waals surface area contributed by atoms with Crippen molar-refractivity contribution in [2.75, 3.05) is 5.07 Å². The summed E-state index contributed by atoms with van der Waals surface area (Å²) in [6, 6.07) is 0. The molecule has 0 spiro atoms. The van der Waals surface area contributed by atoms with E-state index in [4.69, 9.17) is 0 Å². The highest BCUT2D eigenvalue weighted by molar-refractivity contribution is 9.10. The molecule has 0 saturated heterocycles. The zero-order chi connectivity index (χ0) is 8.36. The highest BCUT2D eigenvalue weighted by Crippen LogP contribution is 2.55. The van der Waals surface area contributed by atoms with E-state index in [1.54, 1.807) is 0 Å². The van der Waals surface area contributed by atoms with Gasteiger partial charge in [-0.3, -0.25) is 0 Å². The summed E-state index contributed by atoms with van der Waals surface area (Å²) in [7, 11) is -1.93. The molecular formula is C7H16BrOP. The Morgan fingerprint density at radius 2 is 1.50 bits per heavy atom. The standard InChI is InChI=1S/C7H16BrOP/c1-6(2)10(9,5-8)7(3)4/h6-7H,5H2,1-4H3. The van der Waals surface area contributed by atoms with Crippen LogP contribution < -0.4 is 0 Å². The average molecular weight is 227 g/mol. The molecule has 0 atom stereocenters. The number of rotatable bonds is 3. The summed E-state index contributed by atoms with van der Waals surface area (Å²) in [4.78, 5) is 0. The molecule has 0 radical (unpaired) electrons. The minimum Gasteiger partial charge on any atom is -0.322 e. The van der Waals surface area contributed by atoms with Gasteiger partial charge in [0.15, 0.2) is 0 Å². The maximum atomic E-state index is 11.9. The molecule has 0 N–H and O–H groups in total. The molecule has 0 fully saturated rings. The molecule has 0 aromatic carbocycles. The fourth-order valence-corrected chi connectivity index (χ4v) is 6.09. The minimum atomic E-state index is -1.93. The van der Waals surface area contributed by atoms with Gasteiger partial charge in [-0.05, 0) is 0 Å². The van der Waals surface area contributed by atoms with Gasteiger partial charge in [0, 0.05) is 11.3 Å². The molecule has 0 aliphatic rings. The Bertz CT molecular complexity index is 131. The van der Waals surface area contributed by atoms with Crippen molar-refractivity contribution in [3.63, 3.8) is 0 Å². The molecular weight excluding hydrogens is 211 g/mol. The first kappa shape index (κ1) is 10.7. The molecule has 0 aromatic heterocycles. The lowest BCUT2D eigenvalue weighted by Gasteiger charge is -2.23. The predicted molar refractivity (Wildman–Crippen MR) is 51.7 cm³/mol. The van der Waals surface area contributed by atoms with Crippen molar-refractivity contribution in [2.45, 2.75) is 39.0 Å². The average Bonchev–Trinajstić information content (AvgIpc) is 1.85. The molecule has 1 nitrogen and oxygen atoms in total. The van der Waals surface area contributed by atoms with Gasteiger partial charge in [0.05, 0.1) is 5.07 Å². The second-order valence-electron chi connectivity index (χ2n) is 3.16.